The quantitative estimate of drug-likeness (QED) is 0.879. The second-order valence-electron chi connectivity index (χ2n) is 5.48. The number of nitrogens with zero attached hydrogens (tertiary/aromatic N) is 2. The van der Waals surface area contributed by atoms with E-state index in [2.05, 4.69) is 15.3 Å². The van der Waals surface area contributed by atoms with Gasteiger partial charge in [0.15, 0.2) is 11.6 Å². The number of methoxy groups -OCH3 is 1. The molecule has 110 valence electrons. The van der Waals surface area contributed by atoms with Gasteiger partial charge in [-0.15, -0.1) is 0 Å². The Bertz CT molecular complexity index is 468. The predicted molar refractivity (Wildman–Crippen MR) is 76.8 cm³/mol. The zero-order chi connectivity index (χ0) is 13.9. The Morgan fingerprint density at radius 3 is 2.65 bits per heavy atom. The number of aromatic nitrogens is 2. The van der Waals surface area contributed by atoms with Crippen LogP contribution in [0.3, 0.4) is 0 Å². The maximum atomic E-state index is 6.09. The maximum Gasteiger partial charge on any atom is 0.242 e. The van der Waals surface area contributed by atoms with E-state index in [1.807, 2.05) is 0 Å². The first-order valence-electron chi connectivity index (χ1n) is 7.37. The third-order valence-electron chi connectivity index (χ3n) is 4.04. The zero-order valence-electron chi connectivity index (χ0n) is 11.9. The lowest BCUT2D eigenvalue weighted by molar-refractivity contribution is 0.104. The minimum atomic E-state index is -0.0337. The smallest absolute Gasteiger partial charge is 0.242 e. The van der Waals surface area contributed by atoms with Crippen molar-refractivity contribution in [1.29, 1.82) is 0 Å². The van der Waals surface area contributed by atoms with Crippen molar-refractivity contribution in [2.45, 2.75) is 50.7 Å². The van der Waals surface area contributed by atoms with Gasteiger partial charge in [-0.1, -0.05) is 12.8 Å². The molecule has 3 rings (SSSR count). The Morgan fingerprint density at radius 2 is 2.00 bits per heavy atom. The van der Waals surface area contributed by atoms with Gasteiger partial charge in [0.2, 0.25) is 5.88 Å². The summed E-state index contributed by atoms with van der Waals surface area (Å²) in [6.45, 7) is 0.770. The van der Waals surface area contributed by atoms with Crippen LogP contribution in [0.4, 0.5) is 11.5 Å². The number of hydrogen-bond donors (Lipinski definition) is 2. The molecule has 0 radical (unpaired) electrons. The van der Waals surface area contributed by atoms with E-state index < -0.39 is 0 Å². The molecule has 0 bridgehead atoms. The van der Waals surface area contributed by atoms with Gasteiger partial charge in [0.1, 0.15) is 11.8 Å². The number of rotatable bonds is 4. The van der Waals surface area contributed by atoms with E-state index >= 15 is 0 Å². The molecule has 1 unspecified atom stereocenters. The average Bonchev–Trinajstić information content (AvgIpc) is 3.13. The Kier molecular flexibility index (Phi) is 3.91. The lowest BCUT2D eigenvalue weighted by Gasteiger charge is -2.18. The van der Waals surface area contributed by atoms with Crippen LogP contribution in [0.15, 0.2) is 0 Å². The Morgan fingerprint density at radius 1 is 1.20 bits per heavy atom. The molecule has 2 aliphatic rings. The van der Waals surface area contributed by atoms with Gasteiger partial charge >= 0.3 is 0 Å². The lowest BCUT2D eigenvalue weighted by atomic mass is 10.2. The maximum absolute atomic E-state index is 6.09. The average molecular weight is 278 g/mol. The standard InChI is InChI=1S/C14H22N4O2/c1-19-14-11(15)13(16-9-5-2-3-6-9)17-12(18-14)10-7-4-8-20-10/h9-10H,2-8,15H2,1H3,(H,16,17,18). The van der Waals surface area contributed by atoms with Crippen LogP contribution in [0.5, 0.6) is 5.88 Å². The predicted octanol–water partition coefficient (Wildman–Crippen LogP) is 2.27. The fraction of sp³-hybridized carbons (Fsp3) is 0.714. The van der Waals surface area contributed by atoms with E-state index in [1.165, 1.54) is 25.7 Å². The molecule has 6 nitrogen and oxygen atoms in total. The Labute approximate surface area is 119 Å². The fourth-order valence-electron chi connectivity index (χ4n) is 2.92. The SMILES string of the molecule is COc1nc(C2CCCO2)nc(NC2CCCC2)c1N. The summed E-state index contributed by atoms with van der Waals surface area (Å²) in [7, 11) is 1.58. The molecular weight excluding hydrogens is 256 g/mol. The minimum absolute atomic E-state index is 0.0337. The van der Waals surface area contributed by atoms with Gasteiger partial charge in [-0.25, -0.2) is 4.98 Å². The van der Waals surface area contributed by atoms with Crippen molar-refractivity contribution in [2.75, 3.05) is 24.8 Å². The van der Waals surface area contributed by atoms with Gasteiger partial charge in [0, 0.05) is 12.6 Å². The lowest BCUT2D eigenvalue weighted by Crippen LogP contribution is -2.19. The molecule has 2 heterocycles. The first-order valence-corrected chi connectivity index (χ1v) is 7.37. The highest BCUT2D eigenvalue weighted by molar-refractivity contribution is 5.67. The van der Waals surface area contributed by atoms with Gasteiger partial charge in [-0.2, -0.15) is 4.98 Å². The molecule has 1 aliphatic heterocycles. The number of nitrogens with two attached hydrogens (primary N) is 1. The third-order valence-corrected chi connectivity index (χ3v) is 4.04. The van der Waals surface area contributed by atoms with Crippen LogP contribution in [0.2, 0.25) is 0 Å². The molecule has 0 aromatic carbocycles. The highest BCUT2D eigenvalue weighted by Crippen LogP contribution is 2.33. The topological polar surface area (TPSA) is 82.3 Å². The fourth-order valence-corrected chi connectivity index (χ4v) is 2.92. The highest BCUT2D eigenvalue weighted by Gasteiger charge is 2.25. The van der Waals surface area contributed by atoms with Crippen LogP contribution in [-0.4, -0.2) is 29.7 Å². The Balaban J connectivity index is 1.87. The summed E-state index contributed by atoms with van der Waals surface area (Å²) in [6, 6.07) is 0.453. The monoisotopic (exact) mass is 278 g/mol. The normalized spacial score (nSPS) is 23.1. The second-order valence-corrected chi connectivity index (χ2v) is 5.48. The van der Waals surface area contributed by atoms with Crippen molar-refractivity contribution >= 4 is 11.5 Å². The number of nitrogen functional groups attached to an aromatic ring is 1. The summed E-state index contributed by atoms with van der Waals surface area (Å²) in [5.74, 6) is 1.80. The zero-order valence-corrected chi connectivity index (χ0v) is 11.9. The molecule has 1 aromatic rings. The molecular formula is C14H22N4O2. The highest BCUT2D eigenvalue weighted by atomic mass is 16.5. The summed E-state index contributed by atoms with van der Waals surface area (Å²) >= 11 is 0. The van der Waals surface area contributed by atoms with Crippen molar-refractivity contribution in [3.8, 4) is 5.88 Å². The van der Waals surface area contributed by atoms with E-state index in [4.69, 9.17) is 15.2 Å². The van der Waals surface area contributed by atoms with E-state index in [9.17, 15) is 0 Å². The summed E-state index contributed by atoms with van der Waals surface area (Å²) in [5, 5.41) is 3.44. The van der Waals surface area contributed by atoms with E-state index in [-0.39, 0.29) is 6.10 Å². The van der Waals surface area contributed by atoms with Crippen LogP contribution < -0.4 is 15.8 Å². The van der Waals surface area contributed by atoms with Crippen LogP contribution in [-0.2, 0) is 4.74 Å². The Hall–Kier alpha value is -1.56. The van der Waals surface area contributed by atoms with Crippen LogP contribution in [0.1, 0.15) is 50.5 Å². The summed E-state index contributed by atoms with van der Waals surface area (Å²) in [6.07, 6.45) is 6.83. The van der Waals surface area contributed by atoms with Crippen molar-refractivity contribution in [3.05, 3.63) is 5.82 Å². The van der Waals surface area contributed by atoms with Gasteiger partial charge in [0.05, 0.1) is 7.11 Å². The number of ether oxygens (including phenoxy) is 2. The molecule has 0 amide bonds. The number of anilines is 2. The molecule has 3 N–H and O–H groups in total. The summed E-state index contributed by atoms with van der Waals surface area (Å²) in [5.41, 5.74) is 6.57. The molecule has 0 spiro atoms. The molecule has 1 saturated heterocycles. The third kappa shape index (κ3) is 2.65. The van der Waals surface area contributed by atoms with Crippen LogP contribution in [0, 0.1) is 0 Å². The molecule has 20 heavy (non-hydrogen) atoms. The number of hydrogen-bond acceptors (Lipinski definition) is 6. The van der Waals surface area contributed by atoms with Crippen molar-refractivity contribution in [3.63, 3.8) is 0 Å². The molecule has 6 heteroatoms. The van der Waals surface area contributed by atoms with Gasteiger partial charge in [-0.05, 0) is 25.7 Å². The largest absolute Gasteiger partial charge is 0.479 e. The minimum Gasteiger partial charge on any atom is -0.479 e. The summed E-state index contributed by atoms with van der Waals surface area (Å²) in [4.78, 5) is 8.96. The van der Waals surface area contributed by atoms with E-state index in [0.717, 1.165) is 19.4 Å². The summed E-state index contributed by atoms with van der Waals surface area (Å²) < 4.78 is 10.9. The second kappa shape index (κ2) is 5.83. The van der Waals surface area contributed by atoms with Crippen molar-refractivity contribution < 1.29 is 9.47 Å². The molecule has 1 aromatic heterocycles. The first kappa shape index (κ1) is 13.4. The van der Waals surface area contributed by atoms with E-state index in [1.54, 1.807) is 7.11 Å². The molecule has 2 fully saturated rings. The number of nitrogens with one attached hydrogen (secondary N) is 1. The van der Waals surface area contributed by atoms with Crippen LogP contribution in [0.25, 0.3) is 0 Å². The molecule has 1 aliphatic carbocycles. The molecule has 1 saturated carbocycles. The van der Waals surface area contributed by atoms with Crippen molar-refractivity contribution in [2.24, 2.45) is 0 Å². The van der Waals surface area contributed by atoms with Crippen molar-refractivity contribution in [1.82, 2.24) is 9.97 Å². The van der Waals surface area contributed by atoms with E-state index in [0.29, 0.717) is 29.3 Å². The van der Waals surface area contributed by atoms with Gasteiger partial charge in [-0.3, -0.25) is 0 Å². The molecule has 1 atom stereocenters. The first-order chi connectivity index (χ1) is 9.78. The van der Waals surface area contributed by atoms with Crippen LogP contribution >= 0.6 is 0 Å². The van der Waals surface area contributed by atoms with Gasteiger partial charge < -0.3 is 20.5 Å². The van der Waals surface area contributed by atoms with Gasteiger partial charge in [0.25, 0.3) is 0 Å².